The van der Waals surface area contributed by atoms with Gasteiger partial charge >= 0.3 is 0 Å². The zero-order valence-corrected chi connectivity index (χ0v) is 16.5. The second-order valence-corrected chi connectivity index (χ2v) is 8.30. The zero-order chi connectivity index (χ0) is 20.0. The highest BCUT2D eigenvalue weighted by molar-refractivity contribution is 5.80. The van der Waals surface area contributed by atoms with E-state index in [4.69, 9.17) is 0 Å². The standard InChI is InChI=1S/C22H25F2N5/c1-28-10-2-4-16(13-28)25-22-27-26-20(19-5-3-11-29(19)22)17-9-8-15(14-6-7-14)12-18(17)21(23)24/h3,5,8-9,11-12,14,16,21H,2,4,6-7,10,13H2,1H3,(H,25,27)/t16-/m1/s1. The Morgan fingerprint density at radius 3 is 2.76 bits per heavy atom. The molecule has 1 aliphatic carbocycles. The van der Waals surface area contributed by atoms with E-state index in [1.54, 1.807) is 12.1 Å². The molecule has 1 saturated carbocycles. The van der Waals surface area contributed by atoms with Crippen LogP contribution in [0.3, 0.4) is 0 Å². The highest BCUT2D eigenvalue weighted by Crippen LogP contribution is 2.43. The van der Waals surface area contributed by atoms with Crippen molar-refractivity contribution in [1.29, 1.82) is 0 Å². The van der Waals surface area contributed by atoms with Gasteiger partial charge in [-0.2, -0.15) is 0 Å². The average Bonchev–Trinajstić information content (AvgIpc) is 3.44. The van der Waals surface area contributed by atoms with E-state index >= 15 is 0 Å². The number of aromatic nitrogens is 3. The number of nitrogens with one attached hydrogen (secondary N) is 1. The van der Waals surface area contributed by atoms with Crippen LogP contribution >= 0.6 is 0 Å². The molecule has 1 atom stereocenters. The second-order valence-electron chi connectivity index (χ2n) is 8.30. The Kier molecular flexibility index (Phi) is 4.70. The topological polar surface area (TPSA) is 45.5 Å². The SMILES string of the molecule is CN1CCC[C@@H](Nc2nnc(-c3ccc(C4CC4)cc3C(F)F)c3cccn23)C1. The van der Waals surface area contributed by atoms with Gasteiger partial charge in [0.2, 0.25) is 5.95 Å². The van der Waals surface area contributed by atoms with E-state index in [2.05, 4.69) is 27.5 Å². The molecule has 1 aliphatic heterocycles. The van der Waals surface area contributed by atoms with Gasteiger partial charge in [0.25, 0.3) is 6.43 Å². The number of nitrogens with zero attached hydrogens (tertiary/aromatic N) is 4. The molecule has 0 spiro atoms. The van der Waals surface area contributed by atoms with Crippen LogP contribution in [0.1, 0.15) is 49.2 Å². The summed E-state index contributed by atoms with van der Waals surface area (Å²) in [6.45, 7) is 2.05. The molecule has 1 N–H and O–H groups in total. The van der Waals surface area contributed by atoms with Gasteiger partial charge in [-0.05, 0) is 69.0 Å². The van der Waals surface area contributed by atoms with Crippen LogP contribution in [0.5, 0.6) is 0 Å². The molecule has 5 nitrogen and oxygen atoms in total. The van der Waals surface area contributed by atoms with Crippen LogP contribution in [-0.2, 0) is 0 Å². The van der Waals surface area contributed by atoms with Crippen molar-refractivity contribution in [3.05, 3.63) is 47.7 Å². The van der Waals surface area contributed by atoms with Crippen LogP contribution in [0.15, 0.2) is 36.5 Å². The predicted octanol–water partition coefficient (Wildman–Crippen LogP) is 4.72. The van der Waals surface area contributed by atoms with Crippen molar-refractivity contribution in [3.8, 4) is 11.3 Å². The fourth-order valence-electron chi connectivity index (χ4n) is 4.36. The first-order chi connectivity index (χ1) is 14.1. The van der Waals surface area contributed by atoms with Crippen LogP contribution < -0.4 is 5.32 Å². The third-order valence-corrected chi connectivity index (χ3v) is 6.04. The third-order valence-electron chi connectivity index (χ3n) is 6.04. The first-order valence-corrected chi connectivity index (χ1v) is 10.3. The van der Waals surface area contributed by atoms with Gasteiger partial charge in [0.1, 0.15) is 5.69 Å². The van der Waals surface area contributed by atoms with Gasteiger partial charge in [-0.25, -0.2) is 8.78 Å². The molecule has 0 radical (unpaired) electrons. The molecule has 1 saturated heterocycles. The number of likely N-dealkylation sites (N-methyl/N-ethyl adjacent to an activating group) is 1. The smallest absolute Gasteiger partial charge is 0.264 e. The Labute approximate surface area is 168 Å². The summed E-state index contributed by atoms with van der Waals surface area (Å²) >= 11 is 0. The molecule has 1 aromatic carbocycles. The summed E-state index contributed by atoms with van der Waals surface area (Å²) in [5.41, 5.74) is 2.79. The van der Waals surface area contributed by atoms with Crippen molar-refractivity contribution < 1.29 is 8.78 Å². The number of hydrogen-bond acceptors (Lipinski definition) is 4. The van der Waals surface area contributed by atoms with Crippen molar-refractivity contribution in [3.63, 3.8) is 0 Å². The Morgan fingerprint density at radius 2 is 2.00 bits per heavy atom. The van der Waals surface area contributed by atoms with Gasteiger partial charge in [0.15, 0.2) is 0 Å². The number of benzene rings is 1. The van der Waals surface area contributed by atoms with Gasteiger partial charge in [-0.3, -0.25) is 4.40 Å². The van der Waals surface area contributed by atoms with E-state index in [9.17, 15) is 8.78 Å². The number of halogens is 2. The molecular weight excluding hydrogens is 372 g/mol. The lowest BCUT2D eigenvalue weighted by molar-refractivity contribution is 0.152. The maximum absolute atomic E-state index is 13.9. The molecule has 0 amide bonds. The summed E-state index contributed by atoms with van der Waals surface area (Å²) in [4.78, 5) is 2.30. The highest BCUT2D eigenvalue weighted by atomic mass is 19.3. The Balaban J connectivity index is 1.53. The van der Waals surface area contributed by atoms with E-state index in [0.717, 1.165) is 49.9 Å². The van der Waals surface area contributed by atoms with Gasteiger partial charge in [-0.1, -0.05) is 12.1 Å². The van der Waals surface area contributed by atoms with Crippen molar-refractivity contribution in [1.82, 2.24) is 19.5 Å². The molecule has 5 rings (SSSR count). The third kappa shape index (κ3) is 3.59. The molecule has 2 aromatic heterocycles. The summed E-state index contributed by atoms with van der Waals surface area (Å²) in [6.07, 6.45) is 3.75. The molecule has 2 aliphatic rings. The minimum Gasteiger partial charge on any atom is -0.350 e. The van der Waals surface area contributed by atoms with Crippen LogP contribution in [0.2, 0.25) is 0 Å². The number of rotatable bonds is 5. The van der Waals surface area contributed by atoms with E-state index < -0.39 is 6.43 Å². The Hall–Kier alpha value is -2.54. The summed E-state index contributed by atoms with van der Waals surface area (Å²) in [5.74, 6) is 1.09. The molecule has 2 fully saturated rings. The largest absolute Gasteiger partial charge is 0.350 e. The lowest BCUT2D eigenvalue weighted by atomic mass is 9.99. The monoisotopic (exact) mass is 397 g/mol. The molecular formula is C22H25F2N5. The van der Waals surface area contributed by atoms with Gasteiger partial charge in [0, 0.05) is 29.9 Å². The average molecular weight is 397 g/mol. The van der Waals surface area contributed by atoms with Crippen molar-refractivity contribution >= 4 is 11.5 Å². The number of piperidine rings is 1. The summed E-state index contributed by atoms with van der Waals surface area (Å²) < 4.78 is 29.6. The molecule has 7 heteroatoms. The maximum atomic E-state index is 13.9. The van der Waals surface area contributed by atoms with Gasteiger partial charge in [-0.15, -0.1) is 10.2 Å². The van der Waals surface area contributed by atoms with Crippen LogP contribution in [0.4, 0.5) is 14.7 Å². The Morgan fingerprint density at radius 1 is 1.14 bits per heavy atom. The summed E-state index contributed by atoms with van der Waals surface area (Å²) in [7, 11) is 2.12. The van der Waals surface area contributed by atoms with Crippen molar-refractivity contribution in [2.75, 3.05) is 25.5 Å². The minimum atomic E-state index is -2.55. The molecule has 3 aromatic rings. The van der Waals surface area contributed by atoms with Gasteiger partial charge < -0.3 is 10.2 Å². The van der Waals surface area contributed by atoms with Crippen LogP contribution in [0, 0.1) is 0 Å². The van der Waals surface area contributed by atoms with Crippen LogP contribution in [0.25, 0.3) is 16.8 Å². The fraction of sp³-hybridized carbons (Fsp3) is 0.455. The number of anilines is 1. The van der Waals surface area contributed by atoms with Crippen molar-refractivity contribution in [2.45, 2.75) is 44.1 Å². The number of fused-ring (bicyclic) bond motifs is 1. The lowest BCUT2D eigenvalue weighted by Gasteiger charge is -2.30. The van der Waals surface area contributed by atoms with Crippen molar-refractivity contribution in [2.24, 2.45) is 0 Å². The maximum Gasteiger partial charge on any atom is 0.264 e. The molecule has 29 heavy (non-hydrogen) atoms. The first kappa shape index (κ1) is 18.5. The normalized spacial score (nSPS) is 20.5. The quantitative estimate of drug-likeness (QED) is 0.677. The molecule has 152 valence electrons. The summed E-state index contributed by atoms with van der Waals surface area (Å²) in [6, 6.07) is 9.52. The highest BCUT2D eigenvalue weighted by Gasteiger charge is 2.27. The lowest BCUT2D eigenvalue weighted by Crippen LogP contribution is -2.40. The molecule has 3 heterocycles. The predicted molar refractivity (Wildman–Crippen MR) is 109 cm³/mol. The van der Waals surface area contributed by atoms with E-state index in [1.165, 1.54) is 0 Å². The second kappa shape index (κ2) is 7.37. The van der Waals surface area contributed by atoms with E-state index in [1.807, 2.05) is 28.8 Å². The molecule has 0 bridgehead atoms. The number of alkyl halides is 2. The number of hydrogen-bond donors (Lipinski definition) is 1. The van der Waals surface area contributed by atoms with Crippen LogP contribution in [-0.4, -0.2) is 45.7 Å². The zero-order valence-electron chi connectivity index (χ0n) is 16.5. The Bertz CT molecular complexity index is 1030. The van der Waals surface area contributed by atoms with E-state index in [-0.39, 0.29) is 5.56 Å². The molecule has 0 unspecified atom stereocenters. The number of likely N-dealkylation sites (tertiary alicyclic amines) is 1. The van der Waals surface area contributed by atoms with E-state index in [0.29, 0.717) is 29.2 Å². The summed E-state index contributed by atoms with van der Waals surface area (Å²) in [5, 5.41) is 12.3. The fourth-order valence-corrected chi connectivity index (χ4v) is 4.36. The minimum absolute atomic E-state index is 0.0430. The van der Waals surface area contributed by atoms with Gasteiger partial charge in [0.05, 0.1) is 5.52 Å². The first-order valence-electron chi connectivity index (χ1n) is 10.3.